The van der Waals surface area contributed by atoms with Crippen molar-refractivity contribution in [3.05, 3.63) is 90.4 Å². The van der Waals surface area contributed by atoms with Crippen molar-refractivity contribution < 1.29 is 76.9 Å². The molecule has 7 aromatic rings. The zero-order chi connectivity index (χ0) is 51.3. The number of carbonyl (C=O) groups excluding carboxylic acids is 2. The molecule has 0 fully saturated rings. The standard InChI is InChI=1S/C12H10F3N5O3.C12H8F3N5O2.C10H7F3N4O3.C2H6N2.ClH/c1-6(16)20(17)11(21)10-18-9(19-23-10)7-2-4-8(5-3-7)22-12(13,14)15;1-6-16-10(19-18-6)11-17-9(20-22-11)7-2-4-8(5-3-7)21-12(13,14)15;11-10(12,13)19-6-3-1-5(2-4-6)7-15-9(20-17-7)8(18)16-14;1-2(3)4;/h2-5,16H,17H2,1H3;2-5H,1H3,(H,16,18,19);1-4H,14H2,(H,16,18);1H3,(H3,3,4);1H. The molecule has 4 aromatic heterocycles. The van der Waals surface area contributed by atoms with E-state index in [-0.39, 0.29) is 70.7 Å². The average molecular weight is 1020 g/mol. The van der Waals surface area contributed by atoms with Gasteiger partial charge in [-0.15, -0.1) is 57.0 Å². The minimum atomic E-state index is -4.79. The number of hydrazine groups is 2. The minimum Gasteiger partial charge on any atom is -0.406 e. The van der Waals surface area contributed by atoms with Gasteiger partial charge < -0.3 is 33.5 Å². The van der Waals surface area contributed by atoms with E-state index in [4.69, 9.17) is 37.3 Å². The first kappa shape index (κ1) is 55.6. The molecule has 7 rings (SSSR count). The Hall–Kier alpha value is -8.72. The van der Waals surface area contributed by atoms with Gasteiger partial charge in [-0.2, -0.15) is 15.0 Å². The first-order valence-corrected chi connectivity index (χ1v) is 18.1. The summed E-state index contributed by atoms with van der Waals surface area (Å²) in [4.78, 5) is 38.5. The van der Waals surface area contributed by atoms with E-state index < -0.39 is 42.5 Å². The quantitative estimate of drug-likeness (QED) is 0.0209. The molecule has 0 aliphatic carbocycles. The maximum atomic E-state index is 12.1. The zero-order valence-electron chi connectivity index (χ0n) is 35.3. The van der Waals surface area contributed by atoms with Crippen LogP contribution in [-0.4, -0.2) is 93.2 Å². The van der Waals surface area contributed by atoms with Crippen LogP contribution in [0.2, 0.25) is 0 Å². The van der Waals surface area contributed by atoms with Crippen molar-refractivity contribution >= 4 is 35.9 Å². The van der Waals surface area contributed by atoms with Gasteiger partial charge in [0.25, 0.3) is 5.89 Å². The van der Waals surface area contributed by atoms with E-state index in [2.05, 4.69) is 64.3 Å². The van der Waals surface area contributed by atoms with Crippen molar-refractivity contribution in [2.24, 2.45) is 17.4 Å². The Morgan fingerprint density at radius 1 is 0.629 bits per heavy atom. The highest BCUT2D eigenvalue weighted by molar-refractivity contribution is 6.01. The third-order valence-corrected chi connectivity index (χ3v) is 7.19. The maximum absolute atomic E-state index is 12.1. The second-order valence-corrected chi connectivity index (χ2v) is 12.6. The number of nitrogens with one attached hydrogen (secondary N) is 4. The van der Waals surface area contributed by atoms with E-state index in [1.54, 1.807) is 12.3 Å². The van der Waals surface area contributed by atoms with E-state index in [0.717, 1.165) is 36.4 Å². The lowest BCUT2D eigenvalue weighted by Crippen LogP contribution is -2.40. The fourth-order valence-corrected chi connectivity index (χ4v) is 4.46. The van der Waals surface area contributed by atoms with Gasteiger partial charge in [-0.25, -0.2) is 21.7 Å². The fourth-order valence-electron chi connectivity index (χ4n) is 4.46. The van der Waals surface area contributed by atoms with Crippen LogP contribution in [0, 0.1) is 17.7 Å². The number of rotatable bonds is 9. The Morgan fingerprint density at radius 2 is 0.986 bits per heavy atom. The number of nitrogens with zero attached hydrogens (tertiary/aromatic N) is 9. The number of ether oxygens (including phenoxy) is 3. The number of H-pyrrole nitrogens is 1. The number of halogens is 10. The van der Waals surface area contributed by atoms with Crippen molar-refractivity contribution in [3.63, 3.8) is 0 Å². The molecule has 10 N–H and O–H groups in total. The normalized spacial score (nSPS) is 10.9. The topological polar surface area (TPSA) is 361 Å². The van der Waals surface area contributed by atoms with Crippen molar-refractivity contribution in [3.8, 4) is 63.1 Å². The Morgan fingerprint density at radius 3 is 1.33 bits per heavy atom. The van der Waals surface area contributed by atoms with Crippen molar-refractivity contribution in [2.45, 2.75) is 39.9 Å². The second-order valence-electron chi connectivity index (χ2n) is 12.6. The van der Waals surface area contributed by atoms with Gasteiger partial charge in [0.15, 0.2) is 0 Å². The molecule has 0 aliphatic heterocycles. The van der Waals surface area contributed by atoms with Gasteiger partial charge in [0, 0.05) is 16.7 Å². The predicted molar refractivity (Wildman–Crippen MR) is 220 cm³/mol. The highest BCUT2D eigenvalue weighted by Gasteiger charge is 2.33. The number of amides is 2. The van der Waals surface area contributed by atoms with Crippen LogP contribution in [-0.2, 0) is 0 Å². The van der Waals surface area contributed by atoms with E-state index in [1.807, 2.05) is 0 Å². The van der Waals surface area contributed by atoms with Crippen LogP contribution in [0.25, 0.3) is 45.9 Å². The van der Waals surface area contributed by atoms with Crippen LogP contribution in [0.5, 0.6) is 17.2 Å². The molecule has 34 heteroatoms. The number of nitrogen functional groups attached to an aromatic ring is 1. The van der Waals surface area contributed by atoms with Crippen LogP contribution in [0.4, 0.5) is 39.5 Å². The molecule has 0 radical (unpaired) electrons. The minimum absolute atomic E-state index is 0. The van der Waals surface area contributed by atoms with Crippen LogP contribution in [0.3, 0.4) is 0 Å². The van der Waals surface area contributed by atoms with Crippen LogP contribution in [0.1, 0.15) is 41.0 Å². The molecule has 0 spiro atoms. The van der Waals surface area contributed by atoms with Crippen LogP contribution < -0.4 is 37.1 Å². The molecule has 2 amide bonds. The van der Waals surface area contributed by atoms with E-state index in [1.165, 1.54) is 50.2 Å². The molecule has 0 saturated heterocycles. The molecule has 0 unspecified atom stereocenters. The molecule has 70 heavy (non-hydrogen) atoms. The monoisotopic (exact) mass is 1020 g/mol. The van der Waals surface area contributed by atoms with Crippen molar-refractivity contribution in [1.29, 1.82) is 10.8 Å². The van der Waals surface area contributed by atoms with E-state index in [0.29, 0.717) is 27.5 Å². The summed E-state index contributed by atoms with van der Waals surface area (Å²) in [6, 6.07) is 14.5. The second kappa shape index (κ2) is 23.8. The van der Waals surface area contributed by atoms with Crippen LogP contribution >= 0.6 is 12.4 Å². The highest BCUT2D eigenvalue weighted by atomic mass is 35.5. The Bertz CT molecular complexity index is 2810. The zero-order valence-corrected chi connectivity index (χ0v) is 36.1. The fraction of sp³-hybridized carbons (Fsp3) is 0.167. The molecule has 0 saturated carbocycles. The summed E-state index contributed by atoms with van der Waals surface area (Å²) in [7, 11) is 0. The van der Waals surface area contributed by atoms with Crippen LogP contribution in [0.15, 0.2) is 86.4 Å². The maximum Gasteiger partial charge on any atom is 0.573 e. The lowest BCUT2D eigenvalue weighted by Gasteiger charge is -2.10. The molecule has 3 aromatic carbocycles. The number of amidine groups is 2. The molecule has 4 heterocycles. The molecule has 374 valence electrons. The predicted octanol–water partition coefficient (Wildman–Crippen LogP) is 6.28. The smallest absolute Gasteiger partial charge is 0.406 e. The van der Waals surface area contributed by atoms with Crippen molar-refractivity contribution in [2.75, 3.05) is 0 Å². The third kappa shape index (κ3) is 17.8. The van der Waals surface area contributed by atoms with Gasteiger partial charge in [-0.3, -0.25) is 30.9 Å². The lowest BCUT2D eigenvalue weighted by molar-refractivity contribution is -0.275. The highest BCUT2D eigenvalue weighted by Crippen LogP contribution is 2.28. The summed E-state index contributed by atoms with van der Waals surface area (Å²) < 4.78 is 134. The first-order chi connectivity index (χ1) is 32.2. The molecule has 0 bridgehead atoms. The molecular formula is C36H32ClF9N16O8. The number of benzene rings is 3. The van der Waals surface area contributed by atoms with Gasteiger partial charge >= 0.3 is 42.7 Å². The largest absolute Gasteiger partial charge is 0.573 e. The average Bonchev–Trinajstić information content (AvgIpc) is 4.11. The number of carbonyl (C=O) groups is 2. The van der Waals surface area contributed by atoms with Gasteiger partial charge in [0.1, 0.15) is 28.9 Å². The molecule has 24 nitrogen and oxygen atoms in total. The number of aromatic nitrogens is 9. The number of hydrogen-bond acceptors (Lipinski definition) is 20. The summed E-state index contributed by atoms with van der Waals surface area (Å²) in [6.07, 6.45) is -14.3. The Kier molecular flexibility index (Phi) is 18.9. The Balaban J connectivity index is 0.000000266. The summed E-state index contributed by atoms with van der Waals surface area (Å²) >= 11 is 0. The van der Waals surface area contributed by atoms with E-state index >= 15 is 0 Å². The van der Waals surface area contributed by atoms with Gasteiger partial charge in [-0.05, 0) is 93.6 Å². The molecule has 0 atom stereocenters. The van der Waals surface area contributed by atoms with Crippen molar-refractivity contribution in [1.82, 2.24) is 56.0 Å². The summed E-state index contributed by atoms with van der Waals surface area (Å²) in [5.74, 6) is 7.69. The number of nitrogens with two attached hydrogens (primary N) is 3. The SMILES string of the molecule is CC(=N)N.CC(=N)N(N)C(=O)c1nc(-c2ccc(OC(F)(F)F)cc2)no1.Cc1nc(-c2nc(-c3ccc(OC(F)(F)F)cc3)no2)n[nH]1.Cl.NNC(=O)c1nc(-c2ccc(OC(F)(F)F)cc2)no1. The number of alkyl halides is 9. The molecular weight excluding hydrogens is 991 g/mol. The number of aryl methyl sites for hydroxylation is 1. The summed E-state index contributed by atoms with van der Waals surface area (Å²) in [6.45, 7) is 4.53. The Labute approximate surface area is 390 Å². The first-order valence-electron chi connectivity index (χ1n) is 18.1. The van der Waals surface area contributed by atoms with Gasteiger partial charge in [-0.1, -0.05) is 15.5 Å². The third-order valence-electron chi connectivity index (χ3n) is 7.19. The molecule has 0 aliphatic rings. The summed E-state index contributed by atoms with van der Waals surface area (Å²) in [5, 5.41) is 31.3. The lowest BCUT2D eigenvalue weighted by atomic mass is 10.2. The number of hydrogen-bond donors (Lipinski definition) is 7. The van der Waals surface area contributed by atoms with Gasteiger partial charge in [0.2, 0.25) is 23.3 Å². The number of aromatic amines is 1. The van der Waals surface area contributed by atoms with Gasteiger partial charge in [0.05, 0.1) is 5.84 Å². The summed E-state index contributed by atoms with van der Waals surface area (Å²) in [5.41, 5.74) is 7.61. The van der Waals surface area contributed by atoms with E-state index in [9.17, 15) is 49.1 Å².